The van der Waals surface area contributed by atoms with E-state index in [-0.39, 0.29) is 5.25 Å². The molecule has 0 saturated carbocycles. The first kappa shape index (κ1) is 20.7. The van der Waals surface area contributed by atoms with Crippen LogP contribution in [0.3, 0.4) is 0 Å². The third-order valence-corrected chi connectivity index (χ3v) is 6.42. The van der Waals surface area contributed by atoms with Crippen LogP contribution in [0, 0.1) is 6.92 Å². The minimum atomic E-state index is 0.0361. The van der Waals surface area contributed by atoms with E-state index in [4.69, 9.17) is 51.1 Å². The van der Waals surface area contributed by atoms with Crippen molar-refractivity contribution in [2.75, 3.05) is 6.61 Å². The molecule has 3 aromatic rings. The molecule has 0 aliphatic carbocycles. The molecule has 142 valence electrons. The summed E-state index contributed by atoms with van der Waals surface area (Å²) in [7, 11) is 0. The van der Waals surface area contributed by atoms with Gasteiger partial charge in [0.05, 0.1) is 15.1 Å². The van der Waals surface area contributed by atoms with Gasteiger partial charge in [0, 0.05) is 33.5 Å². The molecular formula is C19H16Cl4N2OS. The lowest BCUT2D eigenvalue weighted by Gasteiger charge is -2.19. The van der Waals surface area contributed by atoms with Gasteiger partial charge >= 0.3 is 0 Å². The molecule has 2 aromatic carbocycles. The number of benzene rings is 2. The molecule has 0 bridgehead atoms. The molecule has 27 heavy (non-hydrogen) atoms. The van der Waals surface area contributed by atoms with Gasteiger partial charge in [-0.3, -0.25) is 0 Å². The van der Waals surface area contributed by atoms with E-state index in [1.165, 1.54) is 0 Å². The Kier molecular flexibility index (Phi) is 7.23. The Labute approximate surface area is 182 Å². The third-order valence-electron chi connectivity index (χ3n) is 3.73. The fourth-order valence-corrected chi connectivity index (χ4v) is 4.71. The Morgan fingerprint density at radius 1 is 1.07 bits per heavy atom. The summed E-state index contributed by atoms with van der Waals surface area (Å²) >= 11 is 26.4. The Hall–Kier alpha value is -1.04. The number of aromatic nitrogens is 2. The van der Waals surface area contributed by atoms with Gasteiger partial charge in [0.25, 0.3) is 0 Å². The number of nitrogens with one attached hydrogen (secondary N) is 1. The summed E-state index contributed by atoms with van der Waals surface area (Å²) in [6, 6.07) is 10.6. The van der Waals surface area contributed by atoms with Crippen molar-refractivity contribution in [1.82, 2.24) is 9.97 Å². The molecule has 1 unspecified atom stereocenters. The number of aryl methyl sites for hydroxylation is 1. The second-order valence-corrected chi connectivity index (χ2v) is 8.84. The zero-order valence-electron chi connectivity index (χ0n) is 14.3. The summed E-state index contributed by atoms with van der Waals surface area (Å²) in [6.07, 6.45) is 2.53. The molecule has 0 fully saturated rings. The minimum Gasteiger partial charge on any atom is -0.491 e. The number of aromatic amines is 1. The van der Waals surface area contributed by atoms with Crippen LogP contribution in [-0.4, -0.2) is 21.8 Å². The average Bonchev–Trinajstić information content (AvgIpc) is 3.02. The lowest BCUT2D eigenvalue weighted by molar-refractivity contribution is 0.316. The number of hydrogen-bond acceptors (Lipinski definition) is 3. The highest BCUT2D eigenvalue weighted by Gasteiger charge is 2.18. The summed E-state index contributed by atoms with van der Waals surface area (Å²) in [5.74, 6) is 1.45. The van der Waals surface area contributed by atoms with Crippen molar-refractivity contribution < 1.29 is 4.74 Å². The van der Waals surface area contributed by atoms with Crippen LogP contribution >= 0.6 is 58.2 Å². The van der Waals surface area contributed by atoms with Crippen LogP contribution in [0.4, 0.5) is 0 Å². The van der Waals surface area contributed by atoms with Crippen molar-refractivity contribution in [2.45, 2.75) is 23.5 Å². The first-order valence-electron chi connectivity index (χ1n) is 8.11. The number of hydrogen-bond donors (Lipinski definition) is 1. The molecule has 1 N–H and O–H groups in total. The smallest absolute Gasteiger partial charge is 0.138 e. The highest BCUT2D eigenvalue weighted by molar-refractivity contribution is 8.00. The highest BCUT2D eigenvalue weighted by atomic mass is 35.5. The van der Waals surface area contributed by atoms with E-state index in [2.05, 4.69) is 9.97 Å². The highest BCUT2D eigenvalue weighted by Crippen LogP contribution is 2.38. The van der Waals surface area contributed by atoms with E-state index in [0.717, 1.165) is 16.4 Å². The zero-order valence-corrected chi connectivity index (χ0v) is 18.1. The zero-order chi connectivity index (χ0) is 19.4. The Morgan fingerprint density at radius 2 is 1.81 bits per heavy atom. The molecule has 1 aromatic heterocycles. The number of ether oxygens (including phenoxy) is 1. The van der Waals surface area contributed by atoms with E-state index in [0.29, 0.717) is 38.9 Å². The fraction of sp³-hybridized carbons (Fsp3) is 0.211. The van der Waals surface area contributed by atoms with Gasteiger partial charge in [-0.15, -0.1) is 11.8 Å². The monoisotopic (exact) mass is 460 g/mol. The summed E-state index contributed by atoms with van der Waals surface area (Å²) in [5, 5.41) is 2.30. The predicted molar refractivity (Wildman–Crippen MR) is 115 cm³/mol. The largest absolute Gasteiger partial charge is 0.491 e. The van der Waals surface area contributed by atoms with Crippen molar-refractivity contribution in [3.63, 3.8) is 0 Å². The van der Waals surface area contributed by atoms with Crippen LogP contribution in [0.5, 0.6) is 5.75 Å². The fourth-order valence-electron chi connectivity index (χ4n) is 2.49. The molecule has 0 spiro atoms. The molecule has 3 nitrogen and oxygen atoms in total. The van der Waals surface area contributed by atoms with Crippen molar-refractivity contribution >= 4 is 58.2 Å². The number of halogens is 4. The maximum atomic E-state index is 6.34. The van der Waals surface area contributed by atoms with Crippen LogP contribution in [0.15, 0.2) is 47.5 Å². The standard InChI is InChI=1S/C19H16Cl4N2OS/c1-11-24-9-13(25-11)8-14(27-19-15(21)3-2-4-16(19)22)10-26-18-6-5-12(20)7-17(18)23/h2-7,9,14H,8,10H2,1H3,(H,24,25). The van der Waals surface area contributed by atoms with Crippen molar-refractivity contribution in [3.8, 4) is 5.75 Å². The molecule has 1 heterocycles. The van der Waals surface area contributed by atoms with Crippen molar-refractivity contribution in [3.05, 3.63) is 74.2 Å². The molecule has 0 saturated heterocycles. The van der Waals surface area contributed by atoms with Gasteiger partial charge in [0.2, 0.25) is 0 Å². The van der Waals surface area contributed by atoms with E-state index in [9.17, 15) is 0 Å². The van der Waals surface area contributed by atoms with Crippen molar-refractivity contribution in [2.24, 2.45) is 0 Å². The molecule has 0 aliphatic rings. The van der Waals surface area contributed by atoms with E-state index in [1.54, 1.807) is 30.0 Å². The van der Waals surface area contributed by atoms with E-state index >= 15 is 0 Å². The number of H-pyrrole nitrogens is 1. The van der Waals surface area contributed by atoms with E-state index < -0.39 is 0 Å². The lowest BCUT2D eigenvalue weighted by atomic mass is 10.2. The quantitative estimate of drug-likeness (QED) is 0.380. The van der Waals surface area contributed by atoms with Crippen LogP contribution in [0.25, 0.3) is 0 Å². The summed E-state index contributed by atoms with van der Waals surface area (Å²) < 4.78 is 5.95. The summed E-state index contributed by atoms with van der Waals surface area (Å²) in [4.78, 5) is 8.34. The minimum absolute atomic E-state index is 0.0361. The predicted octanol–water partition coefficient (Wildman–Crippen LogP) is 7.11. The van der Waals surface area contributed by atoms with Gasteiger partial charge in [0.1, 0.15) is 18.2 Å². The molecule has 0 radical (unpaired) electrons. The second-order valence-electron chi connectivity index (χ2n) is 5.87. The molecule has 1 atom stereocenters. The van der Waals surface area contributed by atoms with Gasteiger partial charge in [-0.05, 0) is 37.3 Å². The molecule has 3 rings (SSSR count). The lowest BCUT2D eigenvalue weighted by Crippen LogP contribution is -2.18. The maximum Gasteiger partial charge on any atom is 0.138 e. The molecular weight excluding hydrogens is 446 g/mol. The molecule has 8 heteroatoms. The Bertz CT molecular complexity index is 912. The van der Waals surface area contributed by atoms with Crippen LogP contribution in [-0.2, 0) is 6.42 Å². The van der Waals surface area contributed by atoms with Crippen LogP contribution in [0.2, 0.25) is 20.1 Å². The average molecular weight is 462 g/mol. The molecule has 0 aliphatic heterocycles. The SMILES string of the molecule is Cc1ncc(CC(COc2ccc(Cl)cc2Cl)Sc2c(Cl)cccc2Cl)[nH]1. The van der Waals surface area contributed by atoms with Crippen LogP contribution < -0.4 is 4.74 Å². The molecule has 0 amide bonds. The van der Waals surface area contributed by atoms with Gasteiger partial charge in [-0.25, -0.2) is 4.98 Å². The maximum absolute atomic E-state index is 6.34. The first-order chi connectivity index (χ1) is 12.9. The topological polar surface area (TPSA) is 37.9 Å². The van der Waals surface area contributed by atoms with Gasteiger partial charge in [0.15, 0.2) is 0 Å². The van der Waals surface area contributed by atoms with Gasteiger partial charge in [-0.2, -0.15) is 0 Å². The number of rotatable bonds is 7. The third kappa shape index (κ3) is 5.72. The number of nitrogens with zero attached hydrogens (tertiary/aromatic N) is 1. The summed E-state index contributed by atoms with van der Waals surface area (Å²) in [5.41, 5.74) is 1.01. The Morgan fingerprint density at radius 3 is 2.44 bits per heavy atom. The number of thioether (sulfide) groups is 1. The normalized spacial score (nSPS) is 12.2. The van der Waals surface area contributed by atoms with Crippen molar-refractivity contribution in [1.29, 1.82) is 0 Å². The van der Waals surface area contributed by atoms with Gasteiger partial charge in [-0.1, -0.05) is 52.5 Å². The van der Waals surface area contributed by atoms with E-state index in [1.807, 2.05) is 31.3 Å². The summed E-state index contributed by atoms with van der Waals surface area (Å²) in [6.45, 7) is 2.33. The number of imidazole rings is 1. The van der Waals surface area contributed by atoms with Gasteiger partial charge < -0.3 is 9.72 Å². The Balaban J connectivity index is 1.78. The second kappa shape index (κ2) is 9.44. The first-order valence-corrected chi connectivity index (χ1v) is 10.5. The van der Waals surface area contributed by atoms with Crippen LogP contribution in [0.1, 0.15) is 11.5 Å².